The maximum Gasteiger partial charge on any atom is 0.324 e. The number of pyridine rings is 1. The smallest absolute Gasteiger partial charge is 0.324 e. The largest absolute Gasteiger partial charge is 0.326 e. The van der Waals surface area contributed by atoms with Crippen LogP contribution in [0.3, 0.4) is 0 Å². The van der Waals surface area contributed by atoms with Gasteiger partial charge < -0.3 is 4.89 Å². The van der Waals surface area contributed by atoms with E-state index in [9.17, 15) is 9.46 Å². The molecule has 2 N–H and O–H groups in total. The predicted molar refractivity (Wildman–Crippen MR) is 96.1 cm³/mol. The summed E-state index contributed by atoms with van der Waals surface area (Å²) in [6.07, 6.45) is 1.74. The molecule has 0 bridgehead atoms. The van der Waals surface area contributed by atoms with Crippen LogP contribution in [0.1, 0.15) is 11.1 Å². The van der Waals surface area contributed by atoms with E-state index in [1.54, 1.807) is 6.20 Å². The van der Waals surface area contributed by atoms with Gasteiger partial charge in [0, 0.05) is 23.9 Å². The van der Waals surface area contributed by atoms with Crippen molar-refractivity contribution in [2.45, 2.75) is 12.3 Å². The van der Waals surface area contributed by atoms with Crippen LogP contribution in [0.15, 0.2) is 66.9 Å². The quantitative estimate of drug-likeness (QED) is 0.651. The van der Waals surface area contributed by atoms with Gasteiger partial charge in [-0.3, -0.25) is 9.55 Å². The van der Waals surface area contributed by atoms with Crippen LogP contribution in [0.5, 0.6) is 0 Å². The van der Waals surface area contributed by atoms with Crippen molar-refractivity contribution in [1.29, 1.82) is 0 Å². The van der Waals surface area contributed by atoms with Gasteiger partial charge in [0.2, 0.25) is 0 Å². The Morgan fingerprint density at radius 3 is 2.65 bits per heavy atom. The van der Waals surface area contributed by atoms with Gasteiger partial charge in [-0.1, -0.05) is 54.6 Å². The third-order valence-electron chi connectivity index (χ3n) is 3.44. The molecule has 0 saturated heterocycles. The number of hydrogen-bond acceptors (Lipinski definition) is 3. The minimum Gasteiger partial charge on any atom is -0.326 e. The van der Waals surface area contributed by atoms with E-state index in [0.29, 0.717) is 12.3 Å². The van der Waals surface area contributed by atoms with Crippen LogP contribution in [0.25, 0.3) is 10.9 Å². The van der Waals surface area contributed by atoms with Crippen LogP contribution < -0.4 is 5.09 Å². The van der Waals surface area contributed by atoms with E-state index in [2.05, 4.69) is 10.1 Å². The molecule has 3 aromatic rings. The number of nitrogens with zero attached hydrogens (tertiary/aromatic N) is 1. The Morgan fingerprint density at radius 2 is 1.83 bits per heavy atom. The highest BCUT2D eigenvalue weighted by Crippen LogP contribution is 2.52. The van der Waals surface area contributed by atoms with Gasteiger partial charge in [0.15, 0.2) is 0 Å². The van der Waals surface area contributed by atoms with Gasteiger partial charge >= 0.3 is 6.72 Å². The lowest BCUT2D eigenvalue weighted by Crippen LogP contribution is -2.07. The first-order valence-electron chi connectivity index (χ1n) is 7.23. The summed E-state index contributed by atoms with van der Waals surface area (Å²) >= 11 is 1.03. The van der Waals surface area contributed by atoms with Gasteiger partial charge in [0.1, 0.15) is 0 Å². The summed E-state index contributed by atoms with van der Waals surface area (Å²) in [5.74, 6) is 0.434. The molecule has 0 aliphatic carbocycles. The average Bonchev–Trinajstić information content (AvgIpc) is 2.59. The summed E-state index contributed by atoms with van der Waals surface area (Å²) in [4.78, 5) is 14.5. The van der Waals surface area contributed by atoms with E-state index >= 15 is 0 Å². The van der Waals surface area contributed by atoms with E-state index < -0.39 is 6.72 Å². The van der Waals surface area contributed by atoms with E-state index in [0.717, 1.165) is 33.4 Å². The molecule has 1 unspecified atom stereocenters. The molecule has 0 amide bonds. The summed E-state index contributed by atoms with van der Waals surface area (Å²) in [5, 5.41) is 3.78. The van der Waals surface area contributed by atoms with Crippen LogP contribution in [0.2, 0.25) is 0 Å². The summed E-state index contributed by atoms with van der Waals surface area (Å²) in [6, 6.07) is 19.3. The number of para-hydroxylation sites is 1. The van der Waals surface area contributed by atoms with E-state index in [-0.39, 0.29) is 0 Å². The lowest BCUT2D eigenvalue weighted by molar-refractivity contribution is 0.482. The number of benzene rings is 2. The molecule has 1 heterocycles. The van der Waals surface area contributed by atoms with Crippen molar-refractivity contribution >= 4 is 29.0 Å². The first kappa shape index (κ1) is 16.2. The van der Waals surface area contributed by atoms with Gasteiger partial charge in [-0.05, 0) is 28.6 Å². The molecule has 0 spiro atoms. The van der Waals surface area contributed by atoms with Crippen molar-refractivity contribution < 1.29 is 9.46 Å². The Labute approximate surface area is 139 Å². The fourth-order valence-electron chi connectivity index (χ4n) is 2.27. The van der Waals surface area contributed by atoms with Crippen LogP contribution in [0, 0.1) is 0 Å². The molecule has 1 aromatic heterocycles. The molecule has 23 heavy (non-hydrogen) atoms. The van der Waals surface area contributed by atoms with E-state index in [4.69, 9.17) is 0 Å². The van der Waals surface area contributed by atoms with Gasteiger partial charge in [-0.2, -0.15) is 0 Å². The maximum absolute atomic E-state index is 12.3. The fourth-order valence-corrected chi connectivity index (χ4v) is 4.70. The van der Waals surface area contributed by atoms with Gasteiger partial charge in [0.25, 0.3) is 0 Å². The van der Waals surface area contributed by atoms with E-state index in [1.165, 1.54) is 0 Å². The molecule has 0 radical (unpaired) electrons. The topological polar surface area (TPSA) is 62.2 Å². The monoisotopic (exact) mass is 344 g/mol. The highest BCUT2D eigenvalue weighted by atomic mass is 32.7. The van der Waals surface area contributed by atoms with Crippen LogP contribution >= 0.6 is 18.1 Å². The fraction of sp³-hybridized carbons (Fsp3) is 0.118. The van der Waals surface area contributed by atoms with Crippen molar-refractivity contribution in [2.24, 2.45) is 0 Å². The number of aromatic nitrogens is 1. The Balaban J connectivity index is 1.65. The third-order valence-corrected chi connectivity index (χ3v) is 6.61. The van der Waals surface area contributed by atoms with Crippen LogP contribution in [-0.4, -0.2) is 9.88 Å². The standard InChI is InChI=1S/C17H17N2O2PS/c20-22(21,19-12-14-6-2-1-3-7-14)23-13-16-9-4-8-15-10-5-11-18-17(15)16/h1-11H,12-13H2,(H2,19,20,21). The zero-order valence-corrected chi connectivity index (χ0v) is 14.1. The SMILES string of the molecule is O=P(O)(NCc1ccccc1)SCc1cccc2cccnc12. The van der Waals surface area contributed by atoms with Crippen molar-refractivity contribution in [2.75, 3.05) is 0 Å². The van der Waals surface area contributed by atoms with Crippen LogP contribution in [0.4, 0.5) is 0 Å². The molecule has 3 rings (SSSR count). The Bertz CT molecular complexity index is 837. The second-order valence-electron chi connectivity index (χ2n) is 5.11. The Hall–Kier alpha value is -1.65. The molecule has 4 nitrogen and oxygen atoms in total. The third kappa shape index (κ3) is 4.43. The molecule has 0 fully saturated rings. The number of fused-ring (bicyclic) bond motifs is 1. The molecular weight excluding hydrogens is 327 g/mol. The minimum atomic E-state index is -3.46. The van der Waals surface area contributed by atoms with Gasteiger partial charge in [-0.15, -0.1) is 0 Å². The Kier molecular flexibility index (Phi) is 5.13. The van der Waals surface area contributed by atoms with Crippen molar-refractivity contribution in [3.63, 3.8) is 0 Å². The molecule has 0 aliphatic heterocycles. The molecular formula is C17H17N2O2PS. The molecule has 0 saturated carbocycles. The zero-order valence-electron chi connectivity index (χ0n) is 12.4. The van der Waals surface area contributed by atoms with Crippen LogP contribution in [-0.2, 0) is 16.9 Å². The molecule has 0 aliphatic rings. The maximum atomic E-state index is 12.3. The lowest BCUT2D eigenvalue weighted by atomic mass is 10.1. The molecule has 6 heteroatoms. The lowest BCUT2D eigenvalue weighted by Gasteiger charge is -2.13. The molecule has 118 valence electrons. The Morgan fingerprint density at radius 1 is 1.04 bits per heavy atom. The highest BCUT2D eigenvalue weighted by Gasteiger charge is 2.19. The first-order valence-corrected chi connectivity index (χ1v) is 10.5. The highest BCUT2D eigenvalue weighted by molar-refractivity contribution is 8.55. The summed E-state index contributed by atoms with van der Waals surface area (Å²) in [5.41, 5.74) is 2.82. The number of hydrogen-bond donors (Lipinski definition) is 2. The average molecular weight is 344 g/mol. The second-order valence-corrected chi connectivity index (χ2v) is 9.27. The minimum absolute atomic E-state index is 0.370. The summed E-state index contributed by atoms with van der Waals surface area (Å²) in [7, 11) is 0. The first-order chi connectivity index (χ1) is 11.1. The van der Waals surface area contributed by atoms with Gasteiger partial charge in [0.05, 0.1) is 5.52 Å². The molecule has 2 aromatic carbocycles. The normalized spacial score (nSPS) is 13.8. The zero-order chi connectivity index (χ0) is 16.1. The second kappa shape index (κ2) is 7.28. The van der Waals surface area contributed by atoms with Crippen molar-refractivity contribution in [3.05, 3.63) is 78.0 Å². The predicted octanol–water partition coefficient (Wildman–Crippen LogP) is 4.36. The van der Waals surface area contributed by atoms with Crippen molar-refractivity contribution in [3.8, 4) is 0 Å². The molecule has 1 atom stereocenters. The summed E-state index contributed by atoms with van der Waals surface area (Å²) < 4.78 is 12.3. The summed E-state index contributed by atoms with van der Waals surface area (Å²) in [6.45, 7) is -3.09. The van der Waals surface area contributed by atoms with Gasteiger partial charge in [-0.25, -0.2) is 5.09 Å². The van der Waals surface area contributed by atoms with E-state index in [1.807, 2.05) is 60.7 Å². The number of nitrogens with one attached hydrogen (secondary N) is 1. The van der Waals surface area contributed by atoms with Crippen molar-refractivity contribution in [1.82, 2.24) is 10.1 Å². The number of rotatable bonds is 6.